The second-order valence-electron chi connectivity index (χ2n) is 5.34. The van der Waals surface area contributed by atoms with Crippen molar-refractivity contribution in [2.75, 3.05) is 19.5 Å². The van der Waals surface area contributed by atoms with E-state index < -0.39 is 11.7 Å². The van der Waals surface area contributed by atoms with Crippen LogP contribution in [-0.2, 0) is 11.3 Å². The highest BCUT2D eigenvalue weighted by Gasteiger charge is 2.17. The van der Waals surface area contributed by atoms with Crippen LogP contribution in [0.3, 0.4) is 0 Å². The number of nitrogens with zero attached hydrogens (tertiary/aromatic N) is 2. The smallest absolute Gasteiger partial charge is 0.442 e. The summed E-state index contributed by atoms with van der Waals surface area (Å²) in [4.78, 5) is 24.4. The van der Waals surface area contributed by atoms with Gasteiger partial charge in [0.2, 0.25) is 5.91 Å². The van der Waals surface area contributed by atoms with E-state index in [9.17, 15) is 9.59 Å². The molecule has 0 spiro atoms. The van der Waals surface area contributed by atoms with Crippen LogP contribution in [0, 0.1) is 0 Å². The number of carbonyl (C=O) groups is 1. The lowest BCUT2D eigenvalue weighted by Crippen LogP contribution is -2.25. The summed E-state index contributed by atoms with van der Waals surface area (Å²) in [5, 5.41) is 6.47. The molecule has 8 nitrogen and oxygen atoms in total. The normalized spacial score (nSPS) is 10.4. The molecule has 0 saturated carbocycles. The van der Waals surface area contributed by atoms with Gasteiger partial charge in [-0.25, -0.2) is 9.36 Å². The van der Waals surface area contributed by atoms with Gasteiger partial charge in [0, 0.05) is 11.6 Å². The van der Waals surface area contributed by atoms with Gasteiger partial charge in [0.15, 0.2) is 5.82 Å². The predicted octanol–water partition coefficient (Wildman–Crippen LogP) is 2.16. The Balaban J connectivity index is 1.84. The molecule has 8 heteroatoms. The van der Waals surface area contributed by atoms with E-state index in [0.717, 1.165) is 4.57 Å². The largest absolute Gasteiger partial charge is 0.497 e. The van der Waals surface area contributed by atoms with Crippen LogP contribution < -0.4 is 20.5 Å². The van der Waals surface area contributed by atoms with Gasteiger partial charge >= 0.3 is 5.76 Å². The zero-order chi connectivity index (χ0) is 18.5. The van der Waals surface area contributed by atoms with Crippen LogP contribution in [0.2, 0.25) is 0 Å². The molecule has 1 amide bonds. The highest BCUT2D eigenvalue weighted by molar-refractivity contribution is 5.92. The van der Waals surface area contributed by atoms with E-state index in [1.807, 2.05) is 6.07 Å². The Bertz CT molecular complexity index is 962. The number of carbonyl (C=O) groups excluding carboxylic acids is 1. The summed E-state index contributed by atoms with van der Waals surface area (Å²) in [5.74, 6) is 0.173. The molecule has 134 valence electrons. The molecule has 3 aromatic rings. The van der Waals surface area contributed by atoms with Gasteiger partial charge < -0.3 is 14.8 Å². The zero-order valence-corrected chi connectivity index (χ0v) is 14.3. The first-order valence-corrected chi connectivity index (χ1v) is 7.76. The van der Waals surface area contributed by atoms with Crippen molar-refractivity contribution in [1.29, 1.82) is 0 Å². The van der Waals surface area contributed by atoms with Crippen LogP contribution in [0.15, 0.2) is 57.8 Å². The van der Waals surface area contributed by atoms with E-state index in [0.29, 0.717) is 22.7 Å². The predicted molar refractivity (Wildman–Crippen MR) is 94.4 cm³/mol. The van der Waals surface area contributed by atoms with E-state index in [-0.39, 0.29) is 12.4 Å². The van der Waals surface area contributed by atoms with Crippen LogP contribution in [0.5, 0.6) is 11.5 Å². The first-order valence-electron chi connectivity index (χ1n) is 7.76. The Kier molecular flexibility index (Phi) is 5.02. The third kappa shape index (κ3) is 3.59. The number of rotatable bonds is 6. The van der Waals surface area contributed by atoms with Crippen molar-refractivity contribution in [3.63, 3.8) is 0 Å². The van der Waals surface area contributed by atoms with Crippen LogP contribution >= 0.6 is 0 Å². The van der Waals surface area contributed by atoms with Crippen LogP contribution in [0.4, 0.5) is 5.69 Å². The SMILES string of the molecule is COc1ccc(OC)c(NC(=O)Cn2c(-c3ccccc3)noc2=O)c1. The third-order valence-electron chi connectivity index (χ3n) is 3.70. The van der Waals surface area contributed by atoms with Crippen molar-refractivity contribution in [2.45, 2.75) is 6.54 Å². The van der Waals surface area contributed by atoms with E-state index in [2.05, 4.69) is 10.5 Å². The summed E-state index contributed by atoms with van der Waals surface area (Å²) in [7, 11) is 3.02. The summed E-state index contributed by atoms with van der Waals surface area (Å²) in [5.41, 5.74) is 1.10. The van der Waals surface area contributed by atoms with Crippen molar-refractivity contribution in [2.24, 2.45) is 0 Å². The molecule has 0 atom stereocenters. The molecule has 0 aliphatic carbocycles. The molecule has 0 aliphatic rings. The van der Waals surface area contributed by atoms with Crippen molar-refractivity contribution in [3.05, 3.63) is 59.1 Å². The maximum Gasteiger partial charge on any atom is 0.442 e. The summed E-state index contributed by atoms with van der Waals surface area (Å²) < 4.78 is 16.3. The molecular weight excluding hydrogens is 338 g/mol. The Morgan fingerprint density at radius 2 is 1.92 bits per heavy atom. The number of ether oxygens (including phenoxy) is 2. The molecule has 2 aromatic carbocycles. The van der Waals surface area contributed by atoms with E-state index in [4.69, 9.17) is 14.0 Å². The van der Waals surface area contributed by atoms with Gasteiger partial charge in [-0.2, -0.15) is 0 Å². The Morgan fingerprint density at radius 1 is 1.15 bits per heavy atom. The average molecular weight is 355 g/mol. The minimum Gasteiger partial charge on any atom is -0.497 e. The lowest BCUT2D eigenvalue weighted by molar-refractivity contribution is -0.116. The van der Waals surface area contributed by atoms with Gasteiger partial charge in [0.05, 0.1) is 19.9 Å². The van der Waals surface area contributed by atoms with Gasteiger partial charge in [-0.05, 0) is 12.1 Å². The Hall–Kier alpha value is -3.55. The Labute approximate surface area is 149 Å². The van der Waals surface area contributed by atoms with Gasteiger partial charge in [0.25, 0.3) is 0 Å². The first kappa shape index (κ1) is 17.3. The molecule has 0 saturated heterocycles. The minimum atomic E-state index is -0.711. The molecule has 0 radical (unpaired) electrons. The fourth-order valence-electron chi connectivity index (χ4n) is 2.45. The number of hydrogen-bond donors (Lipinski definition) is 1. The highest BCUT2D eigenvalue weighted by atomic mass is 16.5. The number of amides is 1. The van der Waals surface area contributed by atoms with Crippen molar-refractivity contribution >= 4 is 11.6 Å². The molecule has 0 unspecified atom stereocenters. The summed E-state index contributed by atoms with van der Waals surface area (Å²) in [6.45, 7) is -0.257. The number of aromatic nitrogens is 2. The Morgan fingerprint density at radius 3 is 2.62 bits per heavy atom. The number of hydrogen-bond acceptors (Lipinski definition) is 6. The first-order chi connectivity index (χ1) is 12.6. The topological polar surface area (TPSA) is 95.6 Å². The van der Waals surface area contributed by atoms with E-state index in [1.54, 1.807) is 42.5 Å². The zero-order valence-electron chi connectivity index (χ0n) is 14.3. The van der Waals surface area contributed by atoms with Gasteiger partial charge in [0.1, 0.15) is 18.0 Å². The number of benzene rings is 2. The van der Waals surface area contributed by atoms with Gasteiger partial charge in [-0.15, -0.1) is 0 Å². The molecule has 0 bridgehead atoms. The molecule has 1 aromatic heterocycles. The molecule has 3 rings (SSSR count). The minimum absolute atomic E-state index is 0.257. The van der Waals surface area contributed by atoms with Crippen molar-refractivity contribution in [1.82, 2.24) is 9.72 Å². The number of anilines is 1. The average Bonchev–Trinajstić information content (AvgIpc) is 3.02. The van der Waals surface area contributed by atoms with E-state index >= 15 is 0 Å². The molecular formula is C18H17N3O5. The van der Waals surface area contributed by atoms with Gasteiger partial charge in [-0.3, -0.25) is 9.32 Å². The standard InChI is InChI=1S/C18H17N3O5/c1-24-13-8-9-15(25-2)14(10-13)19-16(22)11-21-17(20-26-18(21)23)12-6-4-3-5-7-12/h3-10H,11H2,1-2H3,(H,19,22). The van der Waals surface area contributed by atoms with Gasteiger partial charge in [-0.1, -0.05) is 35.5 Å². The van der Waals surface area contributed by atoms with Crippen LogP contribution in [0.25, 0.3) is 11.4 Å². The van der Waals surface area contributed by atoms with Crippen molar-refractivity contribution in [3.8, 4) is 22.9 Å². The molecule has 1 heterocycles. The lowest BCUT2D eigenvalue weighted by atomic mass is 10.2. The fourth-order valence-corrected chi connectivity index (χ4v) is 2.45. The molecule has 26 heavy (non-hydrogen) atoms. The number of methoxy groups -OCH3 is 2. The second-order valence-corrected chi connectivity index (χ2v) is 5.34. The highest BCUT2D eigenvalue weighted by Crippen LogP contribution is 2.28. The summed E-state index contributed by atoms with van der Waals surface area (Å²) in [6.07, 6.45) is 0. The fraction of sp³-hybridized carbons (Fsp3) is 0.167. The lowest BCUT2D eigenvalue weighted by Gasteiger charge is -2.12. The molecule has 1 N–H and O–H groups in total. The van der Waals surface area contributed by atoms with E-state index in [1.165, 1.54) is 14.2 Å². The quantitative estimate of drug-likeness (QED) is 0.728. The monoisotopic (exact) mass is 355 g/mol. The summed E-state index contributed by atoms with van der Waals surface area (Å²) in [6, 6.07) is 14.0. The maximum absolute atomic E-state index is 12.4. The van der Waals surface area contributed by atoms with Crippen molar-refractivity contribution < 1.29 is 18.8 Å². The number of nitrogens with one attached hydrogen (secondary N) is 1. The second kappa shape index (κ2) is 7.56. The third-order valence-corrected chi connectivity index (χ3v) is 3.70. The molecule has 0 aliphatic heterocycles. The maximum atomic E-state index is 12.4. The summed E-state index contributed by atoms with van der Waals surface area (Å²) >= 11 is 0. The molecule has 0 fully saturated rings. The van der Waals surface area contributed by atoms with Crippen LogP contribution in [0.1, 0.15) is 0 Å². The van der Waals surface area contributed by atoms with Crippen LogP contribution in [-0.4, -0.2) is 29.9 Å².